The number of benzene rings is 9. The molecule has 0 saturated carbocycles. The van der Waals surface area contributed by atoms with Crippen LogP contribution in [0, 0.1) is 0 Å². The fraction of sp³-hybridized carbons (Fsp3) is 0.0588. The van der Waals surface area contributed by atoms with Crippen LogP contribution in [0.2, 0.25) is 0 Å². The molecule has 0 amide bonds. The average molecular weight is 691 g/mol. The Morgan fingerprint density at radius 1 is 0.404 bits per heavy atom. The molecule has 0 spiro atoms. The molecule has 52 heavy (non-hydrogen) atoms. The predicted molar refractivity (Wildman–Crippen MR) is 220 cm³/mol. The predicted octanol–water partition coefficient (Wildman–Crippen LogP) is 14.4. The molecule has 244 valence electrons. The molecule has 1 aliphatic carbocycles. The highest BCUT2D eigenvalue weighted by Crippen LogP contribution is 2.52. The van der Waals surface area contributed by atoms with Crippen molar-refractivity contribution >= 4 is 54.3 Å². The summed E-state index contributed by atoms with van der Waals surface area (Å²) >= 11 is 0. The number of rotatable bonds is 3. The monoisotopic (exact) mass is 690 g/mol. The molecule has 1 nitrogen and oxygen atoms in total. The standard InChI is InChI=1S/C51H34O/c1-51(2)45-29-33(31-12-4-3-5-13-31)21-24-37(45)38-25-22-35(30-46(38)51)49-41-18-10-8-16-39(41)48(40-17-9-11-19-42(40)49)34-23-27-47-44(28-34)43-26-20-32-14-6-7-15-36(32)50(43)52-47/h3-30H,1-2H3/i3D,4D,5D,6D,7D,8D,9D,10D,11D,12D,13D,14D,15D,16D,17D,18D,19D,20D,21D,22D,23D,24D,25D,26D,27D,28D,29D,30D. The smallest absolute Gasteiger partial charge is 0.143 e. The van der Waals surface area contributed by atoms with Crippen LogP contribution in [0.25, 0.3) is 98.8 Å². The molecule has 9 aromatic carbocycles. The second kappa shape index (κ2) is 10.8. The zero-order valence-corrected chi connectivity index (χ0v) is 26.9. The lowest BCUT2D eigenvalue weighted by molar-refractivity contribution is 0.661. The van der Waals surface area contributed by atoms with E-state index >= 15 is 0 Å². The minimum absolute atomic E-state index is 0.163. The third-order valence-electron chi connectivity index (χ3n) is 9.44. The highest BCUT2D eigenvalue weighted by atomic mass is 16.3. The minimum Gasteiger partial charge on any atom is -0.455 e. The summed E-state index contributed by atoms with van der Waals surface area (Å²) in [5.74, 6) is 0. The summed E-state index contributed by atoms with van der Waals surface area (Å²) in [5, 5.41) is -4.48. The largest absolute Gasteiger partial charge is 0.455 e. The first kappa shape index (κ1) is 13.0. The summed E-state index contributed by atoms with van der Waals surface area (Å²) in [5.41, 5.74) is -7.63. The summed E-state index contributed by atoms with van der Waals surface area (Å²) in [6, 6.07) is -23.2. The van der Waals surface area contributed by atoms with Gasteiger partial charge in [0.25, 0.3) is 0 Å². The Labute approximate surface area is 341 Å². The summed E-state index contributed by atoms with van der Waals surface area (Å²) < 4.78 is 261. The Hall–Kier alpha value is -6.44. The van der Waals surface area contributed by atoms with Crippen molar-refractivity contribution in [2.75, 3.05) is 0 Å². The molecule has 11 rings (SSSR count). The lowest BCUT2D eigenvalue weighted by Crippen LogP contribution is -2.15. The van der Waals surface area contributed by atoms with Crippen LogP contribution in [-0.2, 0) is 5.41 Å². The second-order valence-electron chi connectivity index (χ2n) is 12.6. The van der Waals surface area contributed by atoms with Crippen LogP contribution in [0.3, 0.4) is 0 Å². The quantitative estimate of drug-likeness (QED) is 0.168. The summed E-state index contributed by atoms with van der Waals surface area (Å²) in [6.07, 6.45) is 0. The number of furan rings is 1. The van der Waals surface area contributed by atoms with Crippen molar-refractivity contribution in [1.82, 2.24) is 0 Å². The van der Waals surface area contributed by atoms with E-state index in [1.54, 1.807) is 0 Å². The van der Waals surface area contributed by atoms with E-state index in [2.05, 4.69) is 0 Å². The molecule has 0 atom stereocenters. The van der Waals surface area contributed by atoms with Gasteiger partial charge < -0.3 is 4.42 Å². The molecule has 1 heteroatoms. The van der Waals surface area contributed by atoms with Gasteiger partial charge in [0, 0.05) is 21.6 Å². The number of fused-ring (bicyclic) bond motifs is 10. The lowest BCUT2D eigenvalue weighted by Gasteiger charge is -2.23. The molecule has 1 aromatic heterocycles. The van der Waals surface area contributed by atoms with Gasteiger partial charge in [0.1, 0.15) is 11.2 Å². The average Bonchev–Trinajstić information content (AvgIpc) is 3.12. The minimum atomic E-state index is -1.74. The van der Waals surface area contributed by atoms with Crippen LogP contribution in [0.1, 0.15) is 63.4 Å². The van der Waals surface area contributed by atoms with Crippen molar-refractivity contribution < 1.29 is 42.8 Å². The van der Waals surface area contributed by atoms with Crippen LogP contribution < -0.4 is 0 Å². The summed E-state index contributed by atoms with van der Waals surface area (Å²) in [7, 11) is 0. The zero-order chi connectivity index (χ0) is 58.9. The Balaban J connectivity index is 1.34. The van der Waals surface area contributed by atoms with Crippen LogP contribution in [0.4, 0.5) is 0 Å². The van der Waals surface area contributed by atoms with Crippen molar-refractivity contribution in [2.24, 2.45) is 0 Å². The van der Waals surface area contributed by atoms with E-state index in [9.17, 15) is 16.4 Å². The van der Waals surface area contributed by atoms with E-state index in [4.69, 9.17) is 26.3 Å². The Morgan fingerprint density at radius 3 is 1.58 bits per heavy atom. The highest BCUT2D eigenvalue weighted by molar-refractivity contribution is 6.23. The van der Waals surface area contributed by atoms with Gasteiger partial charge in [-0.15, -0.1) is 0 Å². The van der Waals surface area contributed by atoms with Gasteiger partial charge in [-0.1, -0.05) is 153 Å². The van der Waals surface area contributed by atoms with Gasteiger partial charge in [-0.3, -0.25) is 0 Å². The van der Waals surface area contributed by atoms with Crippen molar-refractivity contribution in [3.63, 3.8) is 0 Å². The molecule has 0 radical (unpaired) electrons. The molecule has 0 fully saturated rings. The molecule has 0 aliphatic heterocycles. The van der Waals surface area contributed by atoms with Crippen LogP contribution in [-0.4, -0.2) is 0 Å². The van der Waals surface area contributed by atoms with Gasteiger partial charge in [0.2, 0.25) is 0 Å². The van der Waals surface area contributed by atoms with E-state index in [0.717, 1.165) is 0 Å². The van der Waals surface area contributed by atoms with Gasteiger partial charge in [-0.25, -0.2) is 0 Å². The van der Waals surface area contributed by atoms with Crippen molar-refractivity contribution in [2.45, 2.75) is 19.3 Å². The van der Waals surface area contributed by atoms with E-state index in [1.807, 2.05) is 0 Å². The van der Waals surface area contributed by atoms with Crippen molar-refractivity contribution in [3.05, 3.63) is 180 Å². The first-order valence-electron chi connectivity index (χ1n) is 29.9. The molecule has 1 aliphatic rings. The second-order valence-corrected chi connectivity index (χ2v) is 12.6. The molecule has 10 aromatic rings. The van der Waals surface area contributed by atoms with Crippen LogP contribution in [0.15, 0.2) is 174 Å². The SMILES string of the molecule is [2H]c1c([2H])c([2H])c(-c2c([2H])c([2H])c3c(c2[2H])C(C)(C)c2c([2H])c(-c4c5c([2H])c([2H])c([2H])c([2H])c5c(-c5c([2H])c([2H])c6oc7c8c([2H])c([2H])c([2H])c([2H])c8c([2H])c([2H])c7c6c5[2H])c5c([2H])c([2H])c([2H])c([2H])c45)c([2H])c([2H])c2-3)c([2H])c1[2H]. The Morgan fingerprint density at radius 2 is 0.923 bits per heavy atom. The molecular formula is C51H34O. The number of hydrogen-bond donors (Lipinski definition) is 0. The first-order valence-corrected chi connectivity index (χ1v) is 15.9. The van der Waals surface area contributed by atoms with Gasteiger partial charge in [0.05, 0.1) is 38.4 Å². The third kappa shape index (κ3) is 4.11. The number of hydrogen-bond acceptors (Lipinski definition) is 1. The first-order chi connectivity index (χ1) is 37.2. The molecular weight excluding hydrogens is 629 g/mol. The van der Waals surface area contributed by atoms with Crippen LogP contribution >= 0.6 is 0 Å². The highest BCUT2D eigenvalue weighted by Gasteiger charge is 2.36. The van der Waals surface area contributed by atoms with Crippen LogP contribution in [0.5, 0.6) is 0 Å². The topological polar surface area (TPSA) is 13.1 Å². The third-order valence-corrected chi connectivity index (χ3v) is 9.44. The van der Waals surface area contributed by atoms with E-state index < -0.39 is 262 Å². The van der Waals surface area contributed by atoms with E-state index in [-0.39, 0.29) is 22.3 Å². The van der Waals surface area contributed by atoms with Gasteiger partial charge in [-0.05, 0) is 113 Å². The maximum absolute atomic E-state index is 10.1. The van der Waals surface area contributed by atoms with Crippen molar-refractivity contribution in [1.29, 1.82) is 0 Å². The fourth-order valence-corrected chi connectivity index (χ4v) is 7.04. The molecule has 0 bridgehead atoms. The molecule has 0 saturated heterocycles. The Kier molecular flexibility index (Phi) is 2.69. The molecule has 0 N–H and O–H groups in total. The maximum Gasteiger partial charge on any atom is 0.143 e. The fourth-order valence-electron chi connectivity index (χ4n) is 7.04. The van der Waals surface area contributed by atoms with Gasteiger partial charge in [-0.2, -0.15) is 0 Å². The summed E-state index contributed by atoms with van der Waals surface area (Å²) in [4.78, 5) is 0. The van der Waals surface area contributed by atoms with Gasteiger partial charge in [0.15, 0.2) is 0 Å². The normalized spacial score (nSPS) is 20.9. The van der Waals surface area contributed by atoms with Gasteiger partial charge >= 0.3 is 0 Å². The summed E-state index contributed by atoms with van der Waals surface area (Å²) in [6.45, 7) is 2.91. The molecule has 1 heterocycles. The molecule has 0 unspecified atom stereocenters. The zero-order valence-electron chi connectivity index (χ0n) is 54.9. The van der Waals surface area contributed by atoms with E-state index in [0.29, 0.717) is 0 Å². The van der Waals surface area contributed by atoms with E-state index in [1.165, 1.54) is 13.8 Å². The lowest BCUT2D eigenvalue weighted by atomic mass is 9.80. The van der Waals surface area contributed by atoms with Crippen molar-refractivity contribution in [3.8, 4) is 44.5 Å². The Bertz CT molecular complexity index is 4600. The maximum atomic E-state index is 10.1.